The molecule has 0 atom stereocenters. The lowest BCUT2D eigenvalue weighted by Crippen LogP contribution is -2.14. The van der Waals surface area contributed by atoms with Crippen LogP contribution in [0.4, 0.5) is 22.7 Å². The molecule has 2 aromatic carbocycles. The SMILES string of the molecule is Cc1nc(NC(=O)c2nnn(-c3cccc(C(F)(F)F)c3)c2C)sc1Cc1ccc(F)cc1. The predicted molar refractivity (Wildman–Crippen MR) is 115 cm³/mol. The molecular weight excluding hydrogens is 458 g/mol. The lowest BCUT2D eigenvalue weighted by atomic mass is 10.1. The van der Waals surface area contributed by atoms with Crippen molar-refractivity contribution >= 4 is 22.4 Å². The summed E-state index contributed by atoms with van der Waals surface area (Å²) in [5.41, 5.74) is 1.20. The Labute approximate surface area is 189 Å². The maximum Gasteiger partial charge on any atom is 0.416 e. The molecule has 2 aromatic heterocycles. The van der Waals surface area contributed by atoms with Gasteiger partial charge in [-0.3, -0.25) is 10.1 Å². The van der Waals surface area contributed by atoms with E-state index in [-0.39, 0.29) is 22.9 Å². The van der Waals surface area contributed by atoms with Gasteiger partial charge in [0.05, 0.1) is 22.6 Å². The first-order chi connectivity index (χ1) is 15.6. The fourth-order valence-corrected chi connectivity index (χ4v) is 4.18. The van der Waals surface area contributed by atoms with Gasteiger partial charge in [-0.25, -0.2) is 14.1 Å². The molecule has 0 aliphatic heterocycles. The van der Waals surface area contributed by atoms with E-state index in [4.69, 9.17) is 0 Å². The molecule has 33 heavy (non-hydrogen) atoms. The second-order valence-corrected chi connectivity index (χ2v) is 8.35. The van der Waals surface area contributed by atoms with E-state index in [0.29, 0.717) is 11.6 Å². The Bertz CT molecular complexity index is 1310. The Kier molecular flexibility index (Phi) is 5.98. The molecule has 4 rings (SSSR count). The van der Waals surface area contributed by atoms with Crippen LogP contribution in [0, 0.1) is 19.7 Å². The maximum absolute atomic E-state index is 13.1. The third kappa shape index (κ3) is 4.92. The zero-order valence-electron chi connectivity index (χ0n) is 17.4. The van der Waals surface area contributed by atoms with Gasteiger partial charge in [-0.2, -0.15) is 13.2 Å². The number of rotatable bonds is 5. The van der Waals surface area contributed by atoms with E-state index in [0.717, 1.165) is 28.3 Å². The number of hydrogen-bond donors (Lipinski definition) is 1. The molecule has 1 amide bonds. The molecule has 0 radical (unpaired) electrons. The van der Waals surface area contributed by atoms with Gasteiger partial charge in [0, 0.05) is 11.3 Å². The average molecular weight is 475 g/mol. The van der Waals surface area contributed by atoms with Gasteiger partial charge in [-0.1, -0.05) is 23.4 Å². The number of hydrogen-bond acceptors (Lipinski definition) is 5. The van der Waals surface area contributed by atoms with Gasteiger partial charge >= 0.3 is 6.18 Å². The van der Waals surface area contributed by atoms with Gasteiger partial charge in [0.2, 0.25) is 0 Å². The van der Waals surface area contributed by atoms with Crippen molar-refractivity contribution in [2.45, 2.75) is 26.4 Å². The maximum atomic E-state index is 13.1. The van der Waals surface area contributed by atoms with Crippen LogP contribution in [-0.2, 0) is 12.6 Å². The molecule has 0 unspecified atom stereocenters. The number of aromatic nitrogens is 4. The van der Waals surface area contributed by atoms with E-state index in [9.17, 15) is 22.4 Å². The van der Waals surface area contributed by atoms with Crippen molar-refractivity contribution in [3.8, 4) is 5.69 Å². The number of thiazole rings is 1. The molecule has 1 N–H and O–H groups in total. The van der Waals surface area contributed by atoms with Crippen LogP contribution >= 0.6 is 11.3 Å². The molecule has 0 aliphatic carbocycles. The largest absolute Gasteiger partial charge is 0.416 e. The van der Waals surface area contributed by atoms with Crippen LogP contribution in [0.2, 0.25) is 0 Å². The molecule has 0 saturated heterocycles. The summed E-state index contributed by atoms with van der Waals surface area (Å²) in [4.78, 5) is 18.0. The monoisotopic (exact) mass is 475 g/mol. The summed E-state index contributed by atoms with van der Waals surface area (Å²) in [7, 11) is 0. The van der Waals surface area contributed by atoms with Crippen molar-refractivity contribution in [1.29, 1.82) is 0 Å². The Balaban J connectivity index is 1.52. The van der Waals surface area contributed by atoms with Gasteiger partial charge in [0.25, 0.3) is 5.91 Å². The first-order valence-electron chi connectivity index (χ1n) is 9.74. The number of carbonyl (C=O) groups excluding carboxylic acids is 1. The van der Waals surface area contributed by atoms with E-state index in [2.05, 4.69) is 20.6 Å². The Hall–Kier alpha value is -3.60. The normalized spacial score (nSPS) is 11.6. The van der Waals surface area contributed by atoms with Gasteiger partial charge in [0.15, 0.2) is 10.8 Å². The second-order valence-electron chi connectivity index (χ2n) is 7.27. The van der Waals surface area contributed by atoms with Crippen molar-refractivity contribution in [1.82, 2.24) is 20.0 Å². The van der Waals surface area contributed by atoms with E-state index < -0.39 is 17.6 Å². The van der Waals surface area contributed by atoms with E-state index >= 15 is 0 Å². The van der Waals surface area contributed by atoms with Crippen LogP contribution in [0.3, 0.4) is 0 Å². The van der Waals surface area contributed by atoms with E-state index in [1.54, 1.807) is 26.0 Å². The number of alkyl halides is 3. The van der Waals surface area contributed by atoms with E-state index in [1.165, 1.54) is 40.3 Å². The molecule has 0 bridgehead atoms. The Morgan fingerprint density at radius 1 is 1.12 bits per heavy atom. The summed E-state index contributed by atoms with van der Waals surface area (Å²) in [6, 6.07) is 10.7. The quantitative estimate of drug-likeness (QED) is 0.396. The summed E-state index contributed by atoms with van der Waals surface area (Å²) in [6.45, 7) is 3.35. The van der Waals surface area contributed by atoms with Gasteiger partial charge < -0.3 is 0 Å². The van der Waals surface area contributed by atoms with Gasteiger partial charge in [-0.05, 0) is 49.7 Å². The highest BCUT2D eigenvalue weighted by atomic mass is 32.1. The summed E-state index contributed by atoms with van der Waals surface area (Å²) in [5.74, 6) is -0.894. The fourth-order valence-electron chi connectivity index (χ4n) is 3.19. The van der Waals surface area contributed by atoms with Crippen LogP contribution in [0.1, 0.15) is 37.9 Å². The van der Waals surface area contributed by atoms with E-state index in [1.807, 2.05) is 0 Å². The number of benzene rings is 2. The predicted octanol–water partition coefficient (Wildman–Crippen LogP) is 5.34. The smallest absolute Gasteiger partial charge is 0.296 e. The van der Waals surface area contributed by atoms with Crippen molar-refractivity contribution in [3.05, 3.63) is 87.4 Å². The zero-order chi connectivity index (χ0) is 23.8. The number of amides is 1. The molecule has 0 aliphatic rings. The number of aryl methyl sites for hydroxylation is 1. The van der Waals surface area contributed by atoms with Crippen LogP contribution < -0.4 is 5.32 Å². The third-order valence-corrected chi connectivity index (χ3v) is 5.99. The number of nitrogens with one attached hydrogen (secondary N) is 1. The molecule has 4 aromatic rings. The first kappa shape index (κ1) is 22.6. The first-order valence-corrected chi connectivity index (χ1v) is 10.6. The minimum Gasteiger partial charge on any atom is -0.296 e. The molecular formula is C22H17F4N5OS. The van der Waals surface area contributed by atoms with Crippen molar-refractivity contribution < 1.29 is 22.4 Å². The zero-order valence-corrected chi connectivity index (χ0v) is 18.3. The molecule has 170 valence electrons. The molecule has 2 heterocycles. The summed E-state index contributed by atoms with van der Waals surface area (Å²) >= 11 is 1.28. The summed E-state index contributed by atoms with van der Waals surface area (Å²) in [5, 5.41) is 10.7. The lowest BCUT2D eigenvalue weighted by molar-refractivity contribution is -0.137. The topological polar surface area (TPSA) is 72.7 Å². The Morgan fingerprint density at radius 3 is 2.55 bits per heavy atom. The van der Waals surface area contributed by atoms with Gasteiger partial charge in [0.1, 0.15) is 5.82 Å². The molecule has 6 nitrogen and oxygen atoms in total. The van der Waals surface area contributed by atoms with Crippen LogP contribution in [0.5, 0.6) is 0 Å². The molecule has 0 fully saturated rings. The number of nitrogens with zero attached hydrogens (tertiary/aromatic N) is 4. The second kappa shape index (κ2) is 8.74. The van der Waals surface area contributed by atoms with Crippen LogP contribution in [0.15, 0.2) is 48.5 Å². The average Bonchev–Trinajstić information content (AvgIpc) is 3.31. The number of anilines is 1. The highest BCUT2D eigenvalue weighted by Crippen LogP contribution is 2.31. The standard InChI is InChI=1S/C22H17F4N5OS/c1-12-18(10-14-6-8-16(23)9-7-14)33-21(27-12)28-20(32)19-13(2)31(30-29-19)17-5-3-4-15(11-17)22(24,25)26/h3-9,11H,10H2,1-2H3,(H,27,28,32). The summed E-state index contributed by atoms with van der Waals surface area (Å²) < 4.78 is 53.3. The minimum absolute atomic E-state index is 0.0275. The van der Waals surface area contributed by atoms with Crippen molar-refractivity contribution in [2.24, 2.45) is 0 Å². The highest BCUT2D eigenvalue weighted by molar-refractivity contribution is 7.15. The number of halogens is 4. The van der Waals surface area contributed by atoms with Crippen LogP contribution in [0.25, 0.3) is 5.69 Å². The summed E-state index contributed by atoms with van der Waals surface area (Å²) in [6.07, 6.45) is -3.97. The van der Waals surface area contributed by atoms with Crippen LogP contribution in [-0.4, -0.2) is 25.9 Å². The minimum atomic E-state index is -4.50. The molecule has 0 saturated carbocycles. The number of carbonyl (C=O) groups is 1. The Morgan fingerprint density at radius 2 is 1.85 bits per heavy atom. The van der Waals surface area contributed by atoms with Crippen molar-refractivity contribution in [2.75, 3.05) is 5.32 Å². The fraction of sp³-hybridized carbons (Fsp3) is 0.182. The third-order valence-electron chi connectivity index (χ3n) is 4.92. The van der Waals surface area contributed by atoms with Gasteiger partial charge in [-0.15, -0.1) is 16.4 Å². The lowest BCUT2D eigenvalue weighted by Gasteiger charge is -2.09. The highest BCUT2D eigenvalue weighted by Gasteiger charge is 2.31. The molecule has 0 spiro atoms. The van der Waals surface area contributed by atoms with Crippen molar-refractivity contribution in [3.63, 3.8) is 0 Å². The molecule has 11 heteroatoms.